The number of sulfonamides is 1. The topological polar surface area (TPSA) is 70.6 Å². The third kappa shape index (κ3) is 4.23. The highest BCUT2D eigenvalue weighted by Gasteiger charge is 2.29. The van der Waals surface area contributed by atoms with Gasteiger partial charge >= 0.3 is 0 Å². The molecular weight excluding hydrogens is 370 g/mol. The average molecular weight is 398 g/mol. The van der Waals surface area contributed by atoms with Crippen LogP contribution >= 0.6 is 11.8 Å². The zero-order valence-corrected chi connectivity index (χ0v) is 17.1. The molecule has 8 heteroatoms. The highest BCUT2D eigenvalue weighted by molar-refractivity contribution is 7.99. The summed E-state index contributed by atoms with van der Waals surface area (Å²) in [5, 5.41) is 0.677. The minimum atomic E-state index is -3.43. The van der Waals surface area contributed by atoms with Gasteiger partial charge in [-0.3, -0.25) is 4.79 Å². The summed E-state index contributed by atoms with van der Waals surface area (Å²) in [6.07, 6.45) is 6.52. The predicted octanol–water partition coefficient (Wildman–Crippen LogP) is 2.75. The summed E-state index contributed by atoms with van der Waals surface area (Å²) < 4.78 is 26.5. The molecule has 0 aliphatic carbocycles. The van der Waals surface area contributed by atoms with Crippen LogP contribution in [0.3, 0.4) is 0 Å². The molecule has 0 saturated carbocycles. The number of hydrogen-bond donors (Lipinski definition) is 0. The minimum absolute atomic E-state index is 0.130. The van der Waals surface area contributed by atoms with Crippen molar-refractivity contribution in [1.29, 1.82) is 0 Å². The Bertz CT molecular complexity index is 721. The van der Waals surface area contributed by atoms with Crippen molar-refractivity contribution in [1.82, 2.24) is 14.2 Å². The van der Waals surface area contributed by atoms with Crippen molar-refractivity contribution < 1.29 is 13.2 Å². The summed E-state index contributed by atoms with van der Waals surface area (Å²) in [5.74, 6) is 0.463. The van der Waals surface area contributed by atoms with E-state index in [4.69, 9.17) is 0 Å². The van der Waals surface area contributed by atoms with Crippen LogP contribution in [0.1, 0.15) is 46.0 Å². The molecule has 2 aliphatic rings. The zero-order valence-electron chi connectivity index (χ0n) is 15.4. The van der Waals surface area contributed by atoms with E-state index in [0.717, 1.165) is 25.7 Å². The standard InChI is InChI=1S/C18H27N3O3S2/c1-14-6-5-7-15(2)21(14)18(22)13-25-17-9-8-16(12-19-17)26(23,24)20-10-3-4-11-20/h8-9,12,14-15H,3-7,10-11,13H2,1-2H3/t14-,15-/m1/s1. The Hall–Kier alpha value is -1.12. The predicted molar refractivity (Wildman–Crippen MR) is 103 cm³/mol. The van der Waals surface area contributed by atoms with Gasteiger partial charge in [0.05, 0.1) is 10.8 Å². The SMILES string of the molecule is C[C@@H]1CCC[C@@H](C)N1C(=O)CSc1ccc(S(=O)(=O)N2CCCC2)cn1. The van der Waals surface area contributed by atoms with E-state index in [9.17, 15) is 13.2 Å². The maximum Gasteiger partial charge on any atom is 0.244 e. The molecule has 0 bridgehead atoms. The van der Waals surface area contributed by atoms with Gasteiger partial charge in [0.1, 0.15) is 4.90 Å². The number of carbonyl (C=O) groups is 1. The first-order valence-electron chi connectivity index (χ1n) is 9.30. The highest BCUT2D eigenvalue weighted by Crippen LogP contribution is 2.26. The first kappa shape index (κ1) is 19.6. The molecular formula is C18H27N3O3S2. The van der Waals surface area contributed by atoms with E-state index >= 15 is 0 Å². The fourth-order valence-electron chi connectivity index (χ4n) is 3.81. The van der Waals surface area contributed by atoms with Crippen LogP contribution in [0.5, 0.6) is 0 Å². The monoisotopic (exact) mass is 397 g/mol. The number of carbonyl (C=O) groups excluding carboxylic acids is 1. The van der Waals surface area contributed by atoms with Gasteiger partial charge in [-0.1, -0.05) is 11.8 Å². The Kier molecular flexibility index (Phi) is 6.25. The molecule has 0 unspecified atom stereocenters. The van der Waals surface area contributed by atoms with Gasteiger partial charge < -0.3 is 4.90 Å². The number of nitrogens with zero attached hydrogens (tertiary/aromatic N) is 3. The first-order chi connectivity index (χ1) is 12.4. The Morgan fingerprint density at radius 2 is 1.81 bits per heavy atom. The number of pyridine rings is 1. The molecule has 0 radical (unpaired) electrons. The molecule has 26 heavy (non-hydrogen) atoms. The molecule has 2 saturated heterocycles. The lowest BCUT2D eigenvalue weighted by Crippen LogP contribution is -2.48. The Labute approximate surface area is 160 Å². The third-order valence-corrected chi connectivity index (χ3v) is 8.05. The smallest absolute Gasteiger partial charge is 0.244 e. The quantitative estimate of drug-likeness (QED) is 0.715. The molecule has 2 atom stereocenters. The summed E-state index contributed by atoms with van der Waals surface area (Å²) in [6, 6.07) is 3.87. The average Bonchev–Trinajstić information content (AvgIpc) is 3.16. The Morgan fingerprint density at radius 3 is 2.38 bits per heavy atom. The number of aromatic nitrogens is 1. The molecule has 6 nitrogen and oxygen atoms in total. The fraction of sp³-hybridized carbons (Fsp3) is 0.667. The van der Waals surface area contributed by atoms with Gasteiger partial charge in [-0.25, -0.2) is 13.4 Å². The molecule has 0 N–H and O–H groups in total. The molecule has 1 aromatic heterocycles. The summed E-state index contributed by atoms with van der Waals surface area (Å²) in [4.78, 5) is 19.0. The number of piperidine rings is 1. The molecule has 2 aliphatic heterocycles. The van der Waals surface area contributed by atoms with Crippen molar-refractivity contribution in [3.8, 4) is 0 Å². The Morgan fingerprint density at radius 1 is 1.15 bits per heavy atom. The largest absolute Gasteiger partial charge is 0.337 e. The summed E-state index contributed by atoms with van der Waals surface area (Å²) in [6.45, 7) is 5.38. The van der Waals surface area contributed by atoms with Crippen LogP contribution in [0.2, 0.25) is 0 Å². The molecule has 0 aromatic carbocycles. The van der Waals surface area contributed by atoms with Crippen LogP contribution in [0.25, 0.3) is 0 Å². The zero-order chi connectivity index (χ0) is 18.7. The number of amides is 1. The van der Waals surface area contributed by atoms with Gasteiger partial charge in [0.2, 0.25) is 15.9 Å². The van der Waals surface area contributed by atoms with E-state index in [1.165, 1.54) is 28.7 Å². The maximum absolute atomic E-state index is 12.6. The van der Waals surface area contributed by atoms with Gasteiger partial charge in [-0.15, -0.1) is 0 Å². The van der Waals surface area contributed by atoms with Crippen molar-refractivity contribution in [2.24, 2.45) is 0 Å². The normalized spacial score (nSPS) is 24.8. The van der Waals surface area contributed by atoms with Gasteiger partial charge in [0.15, 0.2) is 0 Å². The summed E-state index contributed by atoms with van der Waals surface area (Å²) in [7, 11) is -3.43. The van der Waals surface area contributed by atoms with E-state index in [2.05, 4.69) is 18.8 Å². The van der Waals surface area contributed by atoms with Crippen molar-refractivity contribution >= 4 is 27.7 Å². The molecule has 3 rings (SSSR count). The Balaban J connectivity index is 1.60. The van der Waals surface area contributed by atoms with Crippen LogP contribution in [0.15, 0.2) is 28.3 Å². The van der Waals surface area contributed by atoms with Crippen molar-refractivity contribution in [2.45, 2.75) is 68.0 Å². The van der Waals surface area contributed by atoms with Gasteiger partial charge in [0, 0.05) is 31.4 Å². The van der Waals surface area contributed by atoms with Crippen LogP contribution in [0, 0.1) is 0 Å². The summed E-state index contributed by atoms with van der Waals surface area (Å²) in [5.41, 5.74) is 0. The second kappa shape index (κ2) is 8.27. The van der Waals surface area contributed by atoms with Gasteiger partial charge in [-0.05, 0) is 58.1 Å². The minimum Gasteiger partial charge on any atom is -0.337 e. The second-order valence-electron chi connectivity index (χ2n) is 7.16. The van der Waals surface area contributed by atoms with E-state index in [1.54, 1.807) is 12.1 Å². The molecule has 144 valence electrons. The van der Waals surface area contributed by atoms with Crippen LogP contribution in [-0.4, -0.2) is 59.4 Å². The molecule has 3 heterocycles. The van der Waals surface area contributed by atoms with Gasteiger partial charge in [-0.2, -0.15) is 4.31 Å². The number of likely N-dealkylation sites (tertiary alicyclic amines) is 1. The fourth-order valence-corrected chi connectivity index (χ4v) is 5.98. The van der Waals surface area contributed by atoms with E-state index in [-0.39, 0.29) is 22.9 Å². The molecule has 1 aromatic rings. The molecule has 1 amide bonds. The van der Waals surface area contributed by atoms with Crippen LogP contribution in [0.4, 0.5) is 0 Å². The van der Waals surface area contributed by atoms with Crippen molar-refractivity contribution in [2.75, 3.05) is 18.8 Å². The van der Waals surface area contributed by atoms with E-state index < -0.39 is 10.0 Å². The van der Waals surface area contributed by atoms with E-state index in [0.29, 0.717) is 23.9 Å². The molecule has 0 spiro atoms. The third-order valence-electron chi connectivity index (χ3n) is 5.24. The maximum atomic E-state index is 12.6. The lowest BCUT2D eigenvalue weighted by atomic mass is 9.98. The number of hydrogen-bond acceptors (Lipinski definition) is 5. The van der Waals surface area contributed by atoms with Crippen molar-refractivity contribution in [3.63, 3.8) is 0 Å². The van der Waals surface area contributed by atoms with Gasteiger partial charge in [0.25, 0.3) is 0 Å². The first-order valence-corrected chi connectivity index (χ1v) is 11.7. The highest BCUT2D eigenvalue weighted by atomic mass is 32.2. The van der Waals surface area contributed by atoms with Crippen LogP contribution < -0.4 is 0 Å². The second-order valence-corrected chi connectivity index (χ2v) is 10.1. The van der Waals surface area contributed by atoms with Crippen molar-refractivity contribution in [3.05, 3.63) is 18.3 Å². The molecule has 2 fully saturated rings. The number of rotatable bonds is 5. The lowest BCUT2D eigenvalue weighted by Gasteiger charge is -2.39. The van der Waals surface area contributed by atoms with E-state index in [1.807, 2.05) is 4.90 Å². The van der Waals surface area contributed by atoms with Crippen LogP contribution in [-0.2, 0) is 14.8 Å². The lowest BCUT2D eigenvalue weighted by molar-refractivity contribution is -0.134. The summed E-state index contributed by atoms with van der Waals surface area (Å²) >= 11 is 1.37. The number of thioether (sulfide) groups is 1.